The zero-order valence-electron chi connectivity index (χ0n) is 9.52. The molecule has 3 rings (SSSR count). The summed E-state index contributed by atoms with van der Waals surface area (Å²) < 4.78 is 26.4. The lowest BCUT2D eigenvalue weighted by Crippen LogP contribution is -2.28. The summed E-state index contributed by atoms with van der Waals surface area (Å²) >= 11 is 1.42. The van der Waals surface area contributed by atoms with Crippen molar-refractivity contribution in [3.63, 3.8) is 0 Å². The van der Waals surface area contributed by atoms with Crippen LogP contribution >= 0.6 is 11.3 Å². The van der Waals surface area contributed by atoms with E-state index in [0.29, 0.717) is 0 Å². The molecule has 0 bridgehead atoms. The third-order valence-corrected chi connectivity index (χ3v) is 3.77. The molecule has 2 heterocycles. The molecule has 96 valence electrons. The van der Waals surface area contributed by atoms with Gasteiger partial charge in [0.1, 0.15) is 0 Å². The largest absolute Gasteiger partial charge is 0.299 e. The van der Waals surface area contributed by atoms with Crippen molar-refractivity contribution in [2.24, 2.45) is 0 Å². The van der Waals surface area contributed by atoms with Gasteiger partial charge in [-0.1, -0.05) is 6.07 Å². The van der Waals surface area contributed by atoms with Gasteiger partial charge in [0, 0.05) is 10.9 Å². The number of nitrogens with zero attached hydrogens (tertiary/aromatic N) is 1. The highest BCUT2D eigenvalue weighted by Gasteiger charge is 2.37. The van der Waals surface area contributed by atoms with Crippen LogP contribution in [0.4, 0.5) is 14.5 Å². The Morgan fingerprint density at radius 1 is 1.16 bits per heavy atom. The summed E-state index contributed by atoms with van der Waals surface area (Å²) in [4.78, 5) is 25.6. The molecular formula is C13H7F2NO2S. The molecule has 1 aromatic heterocycles. The van der Waals surface area contributed by atoms with Crippen molar-refractivity contribution >= 4 is 28.7 Å². The van der Waals surface area contributed by atoms with Gasteiger partial charge >= 0.3 is 0 Å². The van der Waals surface area contributed by atoms with E-state index in [0.717, 1.165) is 17.0 Å². The number of halogens is 2. The van der Waals surface area contributed by atoms with E-state index in [-0.39, 0.29) is 17.8 Å². The molecule has 0 saturated heterocycles. The number of carbonyl (C=O) groups is 2. The second-order valence-electron chi connectivity index (χ2n) is 4.08. The molecule has 1 aliphatic heterocycles. The van der Waals surface area contributed by atoms with Crippen molar-refractivity contribution < 1.29 is 18.4 Å². The molecule has 0 atom stereocenters. The van der Waals surface area contributed by atoms with Gasteiger partial charge in [0.25, 0.3) is 11.7 Å². The highest BCUT2D eigenvalue weighted by molar-refractivity contribution is 7.09. The van der Waals surface area contributed by atoms with E-state index in [1.165, 1.54) is 16.2 Å². The predicted octanol–water partition coefficient (Wildman–Crippen LogP) is 2.76. The van der Waals surface area contributed by atoms with E-state index in [2.05, 4.69) is 0 Å². The monoisotopic (exact) mass is 279 g/mol. The number of hydrogen-bond acceptors (Lipinski definition) is 3. The predicted molar refractivity (Wildman–Crippen MR) is 66.2 cm³/mol. The zero-order chi connectivity index (χ0) is 13.6. The zero-order valence-corrected chi connectivity index (χ0v) is 10.3. The van der Waals surface area contributed by atoms with E-state index >= 15 is 0 Å². The number of ketones is 1. The molecule has 6 heteroatoms. The van der Waals surface area contributed by atoms with Crippen molar-refractivity contribution in [1.29, 1.82) is 0 Å². The maximum Gasteiger partial charge on any atom is 0.299 e. The summed E-state index contributed by atoms with van der Waals surface area (Å²) in [5.41, 5.74) is 0.0442. The van der Waals surface area contributed by atoms with Crippen LogP contribution < -0.4 is 4.90 Å². The van der Waals surface area contributed by atoms with E-state index in [9.17, 15) is 18.4 Å². The molecule has 0 saturated carbocycles. The highest BCUT2D eigenvalue weighted by Crippen LogP contribution is 2.32. The third-order valence-electron chi connectivity index (χ3n) is 2.91. The third kappa shape index (κ3) is 1.84. The van der Waals surface area contributed by atoms with E-state index in [1.807, 2.05) is 11.4 Å². The second-order valence-corrected chi connectivity index (χ2v) is 5.12. The van der Waals surface area contributed by atoms with Gasteiger partial charge in [-0.05, 0) is 17.5 Å². The summed E-state index contributed by atoms with van der Waals surface area (Å²) in [7, 11) is 0. The van der Waals surface area contributed by atoms with Crippen LogP contribution in [0.5, 0.6) is 0 Å². The van der Waals surface area contributed by atoms with Gasteiger partial charge in [-0.25, -0.2) is 8.78 Å². The fourth-order valence-corrected chi connectivity index (χ4v) is 2.70. The summed E-state index contributed by atoms with van der Waals surface area (Å²) in [5, 5.41) is 1.84. The van der Waals surface area contributed by atoms with Gasteiger partial charge in [-0.2, -0.15) is 0 Å². The van der Waals surface area contributed by atoms with Crippen LogP contribution in [-0.2, 0) is 11.3 Å². The van der Waals surface area contributed by atoms with Gasteiger partial charge in [0.05, 0.1) is 17.8 Å². The Morgan fingerprint density at radius 3 is 2.58 bits per heavy atom. The summed E-state index contributed by atoms with van der Waals surface area (Å²) in [6.45, 7) is 0.181. The fourth-order valence-electron chi connectivity index (χ4n) is 2.00. The van der Waals surface area contributed by atoms with Crippen LogP contribution in [0.2, 0.25) is 0 Å². The molecule has 0 radical (unpaired) electrons. The van der Waals surface area contributed by atoms with Crippen LogP contribution in [-0.4, -0.2) is 11.7 Å². The first-order valence-electron chi connectivity index (χ1n) is 5.45. The van der Waals surface area contributed by atoms with Crippen LogP contribution in [0.25, 0.3) is 0 Å². The number of amides is 1. The molecule has 0 spiro atoms. The van der Waals surface area contributed by atoms with Gasteiger partial charge < -0.3 is 0 Å². The molecule has 1 amide bonds. The number of anilines is 1. The molecule has 19 heavy (non-hydrogen) atoms. The Labute approximate surface area is 111 Å². The SMILES string of the molecule is O=C1C(=O)N(Cc2cccs2)c2cc(F)c(F)cc21. The van der Waals surface area contributed by atoms with Gasteiger partial charge in [-0.3, -0.25) is 14.5 Å². The Kier molecular flexibility index (Phi) is 2.67. The van der Waals surface area contributed by atoms with E-state index < -0.39 is 23.3 Å². The fraction of sp³-hybridized carbons (Fsp3) is 0.0769. The second kappa shape index (κ2) is 4.24. The lowest BCUT2D eigenvalue weighted by Gasteiger charge is -2.15. The maximum absolute atomic E-state index is 13.3. The molecule has 0 N–H and O–H groups in total. The summed E-state index contributed by atoms with van der Waals surface area (Å²) in [6, 6.07) is 5.29. The van der Waals surface area contributed by atoms with Crippen molar-refractivity contribution in [2.75, 3.05) is 4.90 Å². The Hall–Kier alpha value is -2.08. The lowest BCUT2D eigenvalue weighted by molar-refractivity contribution is -0.114. The number of rotatable bonds is 2. The van der Waals surface area contributed by atoms with Crippen LogP contribution in [0.1, 0.15) is 15.2 Å². The molecule has 3 nitrogen and oxygen atoms in total. The maximum atomic E-state index is 13.3. The first-order chi connectivity index (χ1) is 9.08. The Morgan fingerprint density at radius 2 is 1.89 bits per heavy atom. The Bertz CT molecular complexity index is 682. The smallest absolute Gasteiger partial charge is 0.299 e. The molecule has 0 aliphatic carbocycles. The molecule has 1 aromatic carbocycles. The van der Waals surface area contributed by atoms with E-state index in [1.54, 1.807) is 6.07 Å². The summed E-state index contributed by atoms with van der Waals surface area (Å²) in [6.07, 6.45) is 0. The number of thiophene rings is 1. The highest BCUT2D eigenvalue weighted by atomic mass is 32.1. The molecule has 2 aromatic rings. The first kappa shape index (κ1) is 12.0. The number of hydrogen-bond donors (Lipinski definition) is 0. The minimum Gasteiger partial charge on any atom is -0.299 e. The van der Waals surface area contributed by atoms with Crippen LogP contribution in [0.3, 0.4) is 0 Å². The summed E-state index contributed by atoms with van der Waals surface area (Å²) in [5.74, 6) is -3.76. The molecule has 0 fully saturated rings. The normalized spacial score (nSPS) is 14.1. The van der Waals surface area contributed by atoms with Crippen LogP contribution in [0, 0.1) is 11.6 Å². The van der Waals surface area contributed by atoms with Crippen molar-refractivity contribution in [3.05, 3.63) is 51.7 Å². The van der Waals surface area contributed by atoms with Crippen molar-refractivity contribution in [2.45, 2.75) is 6.54 Å². The minimum atomic E-state index is -1.13. The van der Waals surface area contributed by atoms with Gasteiger partial charge in [0.2, 0.25) is 0 Å². The first-order valence-corrected chi connectivity index (χ1v) is 6.33. The van der Waals surface area contributed by atoms with Crippen molar-refractivity contribution in [3.8, 4) is 0 Å². The quantitative estimate of drug-likeness (QED) is 0.793. The topological polar surface area (TPSA) is 37.4 Å². The minimum absolute atomic E-state index is 0.0829. The molecule has 0 unspecified atom stereocenters. The number of carbonyl (C=O) groups excluding carboxylic acids is 2. The Balaban J connectivity index is 2.06. The molecule has 1 aliphatic rings. The van der Waals surface area contributed by atoms with Gasteiger partial charge in [-0.15, -0.1) is 11.3 Å². The number of fused-ring (bicyclic) bond motifs is 1. The standard InChI is InChI=1S/C13H7F2NO2S/c14-9-4-8-11(5-10(9)15)16(13(18)12(8)17)6-7-2-1-3-19-7/h1-5H,6H2. The van der Waals surface area contributed by atoms with E-state index in [4.69, 9.17) is 0 Å². The average molecular weight is 279 g/mol. The van der Waals surface area contributed by atoms with Gasteiger partial charge in [0.15, 0.2) is 11.6 Å². The number of Topliss-reactive ketones (excluding diaryl/α,β-unsaturated/α-hetero) is 1. The number of benzene rings is 1. The van der Waals surface area contributed by atoms with Crippen molar-refractivity contribution in [1.82, 2.24) is 0 Å². The van der Waals surface area contributed by atoms with Crippen LogP contribution in [0.15, 0.2) is 29.6 Å². The molecular weight excluding hydrogens is 272 g/mol. The average Bonchev–Trinajstić information content (AvgIpc) is 2.96. The lowest BCUT2D eigenvalue weighted by atomic mass is 10.1.